The van der Waals surface area contributed by atoms with Crippen LogP contribution in [0.2, 0.25) is 0 Å². The van der Waals surface area contributed by atoms with E-state index in [1.807, 2.05) is 24.6 Å². The molecule has 0 saturated carbocycles. The monoisotopic (exact) mass is 190 g/mol. The number of aryl methyl sites for hydroxylation is 2. The molecule has 2 rings (SSSR count). The van der Waals surface area contributed by atoms with Crippen LogP contribution in [0.5, 0.6) is 0 Å². The molecule has 0 aliphatic heterocycles. The SMILES string of the molecule is CC.CCn1cc2c(C)cccc2n1. The van der Waals surface area contributed by atoms with Crippen LogP contribution in [0.25, 0.3) is 10.9 Å². The van der Waals surface area contributed by atoms with E-state index in [0.29, 0.717) is 0 Å². The lowest BCUT2D eigenvalue weighted by Crippen LogP contribution is -1.92. The minimum atomic E-state index is 0.939. The Morgan fingerprint density at radius 2 is 2.00 bits per heavy atom. The molecular formula is C12H18N2. The highest BCUT2D eigenvalue weighted by atomic mass is 15.3. The molecule has 0 radical (unpaired) electrons. The first-order chi connectivity index (χ1) is 6.81. The zero-order valence-electron chi connectivity index (χ0n) is 9.41. The van der Waals surface area contributed by atoms with E-state index in [-0.39, 0.29) is 0 Å². The van der Waals surface area contributed by atoms with Crippen molar-refractivity contribution in [3.05, 3.63) is 30.0 Å². The van der Waals surface area contributed by atoms with E-state index >= 15 is 0 Å². The number of nitrogens with zero attached hydrogens (tertiary/aromatic N) is 2. The van der Waals surface area contributed by atoms with Crippen LogP contribution in [0.4, 0.5) is 0 Å². The van der Waals surface area contributed by atoms with Gasteiger partial charge in [-0.05, 0) is 25.5 Å². The van der Waals surface area contributed by atoms with Gasteiger partial charge in [-0.3, -0.25) is 4.68 Å². The smallest absolute Gasteiger partial charge is 0.0925 e. The molecule has 14 heavy (non-hydrogen) atoms. The van der Waals surface area contributed by atoms with E-state index in [2.05, 4.69) is 37.3 Å². The minimum absolute atomic E-state index is 0.939. The Labute approximate surface area is 85.6 Å². The molecule has 1 aromatic heterocycles. The van der Waals surface area contributed by atoms with Crippen LogP contribution < -0.4 is 0 Å². The van der Waals surface area contributed by atoms with Crippen LogP contribution in [0, 0.1) is 6.92 Å². The predicted octanol–water partition coefficient (Wildman–Crippen LogP) is 3.39. The van der Waals surface area contributed by atoms with Gasteiger partial charge >= 0.3 is 0 Å². The summed E-state index contributed by atoms with van der Waals surface area (Å²) in [5.74, 6) is 0. The van der Waals surface area contributed by atoms with Crippen molar-refractivity contribution >= 4 is 10.9 Å². The molecule has 0 atom stereocenters. The van der Waals surface area contributed by atoms with Gasteiger partial charge < -0.3 is 0 Å². The van der Waals surface area contributed by atoms with E-state index in [9.17, 15) is 0 Å². The van der Waals surface area contributed by atoms with Crippen molar-refractivity contribution < 1.29 is 0 Å². The van der Waals surface area contributed by atoms with Crippen LogP contribution >= 0.6 is 0 Å². The Balaban J connectivity index is 0.000000461. The van der Waals surface area contributed by atoms with Gasteiger partial charge in [0.1, 0.15) is 0 Å². The molecule has 0 aliphatic rings. The first-order valence-electron chi connectivity index (χ1n) is 5.24. The quantitative estimate of drug-likeness (QED) is 0.674. The van der Waals surface area contributed by atoms with Gasteiger partial charge in [0.05, 0.1) is 5.52 Å². The molecule has 0 spiro atoms. The van der Waals surface area contributed by atoms with Crippen LogP contribution in [-0.2, 0) is 6.54 Å². The first kappa shape index (κ1) is 10.8. The maximum absolute atomic E-state index is 4.41. The Morgan fingerprint density at radius 1 is 1.29 bits per heavy atom. The summed E-state index contributed by atoms with van der Waals surface area (Å²) in [6.45, 7) is 9.15. The van der Waals surface area contributed by atoms with Crippen molar-refractivity contribution in [3.63, 3.8) is 0 Å². The molecule has 2 nitrogen and oxygen atoms in total. The Bertz CT molecular complexity index is 402. The molecule has 1 aromatic carbocycles. The predicted molar refractivity (Wildman–Crippen MR) is 61.5 cm³/mol. The largest absolute Gasteiger partial charge is 0.272 e. The lowest BCUT2D eigenvalue weighted by atomic mass is 10.1. The van der Waals surface area contributed by atoms with Crippen molar-refractivity contribution in [1.29, 1.82) is 0 Å². The third-order valence-corrected chi connectivity index (χ3v) is 2.14. The van der Waals surface area contributed by atoms with E-state index < -0.39 is 0 Å². The zero-order valence-corrected chi connectivity index (χ0v) is 9.41. The molecule has 2 aromatic rings. The molecule has 0 bridgehead atoms. The van der Waals surface area contributed by atoms with Crippen molar-refractivity contribution in [2.75, 3.05) is 0 Å². The summed E-state index contributed by atoms with van der Waals surface area (Å²) in [4.78, 5) is 0. The maximum Gasteiger partial charge on any atom is 0.0925 e. The van der Waals surface area contributed by atoms with Crippen LogP contribution in [0.15, 0.2) is 24.4 Å². The third kappa shape index (κ3) is 1.95. The summed E-state index contributed by atoms with van der Waals surface area (Å²) >= 11 is 0. The van der Waals surface area contributed by atoms with Gasteiger partial charge in [0.2, 0.25) is 0 Å². The van der Waals surface area contributed by atoms with Crippen LogP contribution in [-0.4, -0.2) is 9.78 Å². The summed E-state index contributed by atoms with van der Waals surface area (Å²) in [6.07, 6.45) is 2.10. The van der Waals surface area contributed by atoms with Crippen LogP contribution in [0.3, 0.4) is 0 Å². The highest BCUT2D eigenvalue weighted by Crippen LogP contribution is 2.15. The average molecular weight is 190 g/mol. The number of hydrogen-bond acceptors (Lipinski definition) is 1. The van der Waals surface area contributed by atoms with Gasteiger partial charge in [0.25, 0.3) is 0 Å². The lowest BCUT2D eigenvalue weighted by molar-refractivity contribution is 0.668. The molecule has 76 valence electrons. The summed E-state index contributed by atoms with van der Waals surface area (Å²) in [6, 6.07) is 6.21. The van der Waals surface area contributed by atoms with Crippen molar-refractivity contribution in [1.82, 2.24) is 9.78 Å². The maximum atomic E-state index is 4.41. The second kappa shape index (κ2) is 4.80. The van der Waals surface area contributed by atoms with Gasteiger partial charge in [-0.25, -0.2) is 0 Å². The summed E-state index contributed by atoms with van der Waals surface area (Å²) in [5.41, 5.74) is 2.39. The molecule has 0 aliphatic carbocycles. The van der Waals surface area contributed by atoms with E-state index in [1.54, 1.807) is 0 Å². The number of rotatable bonds is 1. The fourth-order valence-electron chi connectivity index (χ4n) is 1.40. The van der Waals surface area contributed by atoms with Crippen molar-refractivity contribution in [2.24, 2.45) is 0 Å². The highest BCUT2D eigenvalue weighted by molar-refractivity contribution is 5.81. The van der Waals surface area contributed by atoms with Gasteiger partial charge in [-0.2, -0.15) is 5.10 Å². The van der Waals surface area contributed by atoms with Gasteiger partial charge in [-0.1, -0.05) is 26.0 Å². The van der Waals surface area contributed by atoms with Crippen molar-refractivity contribution in [3.8, 4) is 0 Å². The van der Waals surface area contributed by atoms with Gasteiger partial charge in [-0.15, -0.1) is 0 Å². The summed E-state index contributed by atoms with van der Waals surface area (Å²) < 4.78 is 1.97. The second-order valence-corrected chi connectivity index (χ2v) is 2.99. The number of fused-ring (bicyclic) bond motifs is 1. The molecule has 0 amide bonds. The first-order valence-corrected chi connectivity index (χ1v) is 5.24. The lowest BCUT2D eigenvalue weighted by Gasteiger charge is -1.90. The molecule has 0 fully saturated rings. The molecule has 1 heterocycles. The average Bonchev–Trinajstić information content (AvgIpc) is 2.65. The standard InChI is InChI=1S/C10H12N2.C2H6/c1-3-12-7-9-8(2)5-4-6-10(9)11-12;1-2/h4-7H,3H2,1-2H3;1-2H3. The molecule has 0 N–H and O–H groups in total. The fraction of sp³-hybridized carbons (Fsp3) is 0.417. The third-order valence-electron chi connectivity index (χ3n) is 2.14. The molecule has 0 saturated heterocycles. The van der Waals surface area contributed by atoms with E-state index in [0.717, 1.165) is 12.1 Å². The molecular weight excluding hydrogens is 172 g/mol. The molecule has 0 unspecified atom stereocenters. The number of aromatic nitrogens is 2. The topological polar surface area (TPSA) is 17.8 Å². The van der Waals surface area contributed by atoms with Crippen molar-refractivity contribution in [2.45, 2.75) is 34.2 Å². The summed E-state index contributed by atoms with van der Waals surface area (Å²) in [5, 5.41) is 5.67. The second-order valence-electron chi connectivity index (χ2n) is 2.99. The zero-order chi connectivity index (χ0) is 10.6. The van der Waals surface area contributed by atoms with Crippen LogP contribution in [0.1, 0.15) is 26.3 Å². The van der Waals surface area contributed by atoms with E-state index in [1.165, 1.54) is 10.9 Å². The van der Waals surface area contributed by atoms with Gasteiger partial charge in [0, 0.05) is 18.1 Å². The minimum Gasteiger partial charge on any atom is -0.272 e. The van der Waals surface area contributed by atoms with Gasteiger partial charge in [0.15, 0.2) is 0 Å². The Hall–Kier alpha value is -1.31. The normalized spacial score (nSPS) is 9.71. The summed E-state index contributed by atoms with van der Waals surface area (Å²) in [7, 11) is 0. The Morgan fingerprint density at radius 3 is 2.57 bits per heavy atom. The number of benzene rings is 1. The fourth-order valence-corrected chi connectivity index (χ4v) is 1.40. The Kier molecular flexibility index (Phi) is 3.69. The number of hydrogen-bond donors (Lipinski definition) is 0. The van der Waals surface area contributed by atoms with E-state index in [4.69, 9.17) is 0 Å². The molecule has 2 heteroatoms. The highest BCUT2D eigenvalue weighted by Gasteiger charge is 1.99.